The van der Waals surface area contributed by atoms with Gasteiger partial charge in [-0.1, -0.05) is 0 Å². The van der Waals surface area contributed by atoms with Gasteiger partial charge in [0, 0.05) is 17.6 Å². The van der Waals surface area contributed by atoms with E-state index in [2.05, 4.69) is 15.9 Å². The second kappa shape index (κ2) is 6.63. The van der Waals surface area contributed by atoms with Gasteiger partial charge in [-0.2, -0.15) is 0 Å². The van der Waals surface area contributed by atoms with Crippen LogP contribution in [-0.2, 0) is 4.79 Å². The number of Topliss-reactive ketones (excluding diaryl/α,β-unsaturated/α-hetero) is 1. The van der Waals surface area contributed by atoms with Crippen molar-refractivity contribution in [1.82, 2.24) is 9.80 Å². The maximum absolute atomic E-state index is 12.1. The van der Waals surface area contributed by atoms with Crippen molar-refractivity contribution >= 4 is 39.0 Å². The number of likely N-dealkylation sites (tertiary alicyclic amines) is 1. The normalized spacial score (nSPS) is 15.2. The standard InChI is InChI=1S/C13H17BrN2O2S/c1-15(9-12(18)16-5-2-3-6-16)8-11(17)13-10(14)4-7-19-13/h4,7H,2-3,5-6,8-9H2,1H3. The first-order valence-electron chi connectivity index (χ1n) is 6.30. The zero-order chi connectivity index (χ0) is 13.8. The highest BCUT2D eigenvalue weighted by atomic mass is 79.9. The fraction of sp³-hybridized carbons (Fsp3) is 0.538. The number of hydrogen-bond acceptors (Lipinski definition) is 4. The number of carbonyl (C=O) groups excluding carboxylic acids is 2. The molecule has 1 aromatic rings. The minimum atomic E-state index is 0.0543. The van der Waals surface area contributed by atoms with E-state index in [0.717, 1.165) is 35.3 Å². The number of halogens is 1. The number of amides is 1. The highest BCUT2D eigenvalue weighted by Crippen LogP contribution is 2.23. The van der Waals surface area contributed by atoms with Gasteiger partial charge in [0.2, 0.25) is 5.91 Å². The third-order valence-electron chi connectivity index (χ3n) is 3.15. The molecule has 1 fully saturated rings. The van der Waals surface area contributed by atoms with Crippen LogP contribution in [0.25, 0.3) is 0 Å². The van der Waals surface area contributed by atoms with Crippen molar-refractivity contribution in [2.24, 2.45) is 0 Å². The van der Waals surface area contributed by atoms with Crippen LogP contribution in [0.3, 0.4) is 0 Å². The molecule has 1 amide bonds. The lowest BCUT2D eigenvalue weighted by Gasteiger charge is -2.20. The van der Waals surface area contributed by atoms with Crippen LogP contribution in [0.15, 0.2) is 15.9 Å². The fourth-order valence-electron chi connectivity index (χ4n) is 2.16. The summed E-state index contributed by atoms with van der Waals surface area (Å²) >= 11 is 4.78. The summed E-state index contributed by atoms with van der Waals surface area (Å²) in [4.78, 5) is 28.4. The Labute approximate surface area is 125 Å². The van der Waals surface area contributed by atoms with Gasteiger partial charge in [-0.15, -0.1) is 11.3 Å². The lowest BCUT2D eigenvalue weighted by atomic mass is 10.3. The molecule has 0 N–H and O–H groups in total. The van der Waals surface area contributed by atoms with Gasteiger partial charge in [-0.05, 0) is 47.3 Å². The van der Waals surface area contributed by atoms with E-state index in [1.165, 1.54) is 11.3 Å². The molecule has 1 aliphatic rings. The number of hydrogen-bond donors (Lipinski definition) is 0. The molecule has 2 rings (SSSR count). The first-order chi connectivity index (χ1) is 9.08. The topological polar surface area (TPSA) is 40.6 Å². The summed E-state index contributed by atoms with van der Waals surface area (Å²) in [5.74, 6) is 0.177. The summed E-state index contributed by atoms with van der Waals surface area (Å²) < 4.78 is 0.835. The van der Waals surface area contributed by atoms with Crippen LogP contribution in [0, 0.1) is 0 Å². The van der Waals surface area contributed by atoms with Gasteiger partial charge in [0.15, 0.2) is 5.78 Å². The molecule has 2 heterocycles. The number of carbonyl (C=O) groups is 2. The van der Waals surface area contributed by atoms with E-state index in [9.17, 15) is 9.59 Å². The van der Waals surface area contributed by atoms with Gasteiger partial charge in [0.25, 0.3) is 0 Å². The molecule has 19 heavy (non-hydrogen) atoms. The minimum Gasteiger partial charge on any atom is -0.342 e. The van der Waals surface area contributed by atoms with E-state index < -0.39 is 0 Å². The highest BCUT2D eigenvalue weighted by Gasteiger charge is 2.21. The SMILES string of the molecule is CN(CC(=O)c1sccc1Br)CC(=O)N1CCCC1. The summed E-state index contributed by atoms with van der Waals surface area (Å²) in [6.45, 7) is 2.31. The number of nitrogens with zero attached hydrogens (tertiary/aromatic N) is 2. The molecule has 0 aliphatic carbocycles. The van der Waals surface area contributed by atoms with Crippen molar-refractivity contribution in [1.29, 1.82) is 0 Å². The van der Waals surface area contributed by atoms with E-state index in [0.29, 0.717) is 6.54 Å². The van der Waals surface area contributed by atoms with Crippen LogP contribution in [0.5, 0.6) is 0 Å². The Kier molecular flexibility index (Phi) is 5.13. The van der Waals surface area contributed by atoms with E-state index in [1.807, 2.05) is 23.4 Å². The second-order valence-electron chi connectivity index (χ2n) is 4.78. The Hall–Kier alpha value is -0.720. The molecule has 1 aliphatic heterocycles. The van der Waals surface area contributed by atoms with Crippen LogP contribution in [0.1, 0.15) is 22.5 Å². The van der Waals surface area contributed by atoms with Crippen LogP contribution in [0.2, 0.25) is 0 Å². The van der Waals surface area contributed by atoms with Crippen molar-refractivity contribution < 1.29 is 9.59 Å². The molecule has 1 aromatic heterocycles. The van der Waals surface area contributed by atoms with Crippen LogP contribution in [0.4, 0.5) is 0 Å². The summed E-state index contributed by atoms with van der Waals surface area (Å²) in [7, 11) is 1.81. The van der Waals surface area contributed by atoms with Crippen LogP contribution < -0.4 is 0 Å². The molecule has 0 bridgehead atoms. The smallest absolute Gasteiger partial charge is 0.236 e. The van der Waals surface area contributed by atoms with Crippen molar-refractivity contribution in [2.45, 2.75) is 12.8 Å². The van der Waals surface area contributed by atoms with E-state index in [4.69, 9.17) is 0 Å². The number of thiophene rings is 1. The molecular weight excluding hydrogens is 328 g/mol. The Morgan fingerprint density at radius 1 is 1.37 bits per heavy atom. The number of rotatable bonds is 5. The Morgan fingerprint density at radius 2 is 2.05 bits per heavy atom. The molecule has 0 unspecified atom stereocenters. The highest BCUT2D eigenvalue weighted by molar-refractivity contribution is 9.10. The summed E-state index contributed by atoms with van der Waals surface area (Å²) in [5.41, 5.74) is 0. The molecule has 104 valence electrons. The van der Waals surface area contributed by atoms with Crippen molar-refractivity contribution in [3.63, 3.8) is 0 Å². The summed E-state index contributed by atoms with van der Waals surface area (Å²) in [6, 6.07) is 1.87. The minimum absolute atomic E-state index is 0.0543. The molecular formula is C13H17BrN2O2S. The third-order valence-corrected chi connectivity index (χ3v) is 5.03. The van der Waals surface area contributed by atoms with Gasteiger partial charge >= 0.3 is 0 Å². The van der Waals surface area contributed by atoms with Crippen molar-refractivity contribution in [3.8, 4) is 0 Å². The Bertz CT molecular complexity index is 469. The van der Waals surface area contributed by atoms with Gasteiger partial charge < -0.3 is 4.90 Å². The number of ketones is 1. The van der Waals surface area contributed by atoms with Crippen LogP contribution >= 0.6 is 27.3 Å². The lowest BCUT2D eigenvalue weighted by molar-refractivity contribution is -0.130. The van der Waals surface area contributed by atoms with Gasteiger partial charge in [-0.25, -0.2) is 0 Å². The lowest BCUT2D eigenvalue weighted by Crippen LogP contribution is -2.39. The molecule has 0 saturated carbocycles. The largest absolute Gasteiger partial charge is 0.342 e. The van der Waals surface area contributed by atoms with Crippen LogP contribution in [-0.4, -0.2) is 54.7 Å². The molecule has 4 nitrogen and oxygen atoms in total. The first kappa shape index (κ1) is 14.7. The van der Waals surface area contributed by atoms with Gasteiger partial charge in [0.05, 0.1) is 18.0 Å². The molecule has 1 saturated heterocycles. The molecule has 0 radical (unpaired) electrons. The number of likely N-dealkylation sites (N-methyl/N-ethyl adjacent to an activating group) is 1. The maximum atomic E-state index is 12.1. The first-order valence-corrected chi connectivity index (χ1v) is 7.97. The molecule has 6 heteroatoms. The zero-order valence-corrected chi connectivity index (χ0v) is 13.3. The van der Waals surface area contributed by atoms with Crippen molar-refractivity contribution in [3.05, 3.63) is 20.8 Å². The maximum Gasteiger partial charge on any atom is 0.236 e. The average molecular weight is 345 g/mol. The van der Waals surface area contributed by atoms with Gasteiger partial charge in [0.1, 0.15) is 0 Å². The Morgan fingerprint density at radius 3 is 2.63 bits per heavy atom. The average Bonchev–Trinajstić information content (AvgIpc) is 2.98. The predicted molar refractivity (Wildman–Crippen MR) is 79.7 cm³/mol. The quantitative estimate of drug-likeness (QED) is 0.769. The van der Waals surface area contributed by atoms with E-state index in [-0.39, 0.29) is 18.2 Å². The van der Waals surface area contributed by atoms with E-state index in [1.54, 1.807) is 4.90 Å². The Balaban J connectivity index is 1.84. The fourth-order valence-corrected chi connectivity index (χ4v) is 3.69. The predicted octanol–water partition coefficient (Wildman–Crippen LogP) is 2.25. The molecule has 0 atom stereocenters. The van der Waals surface area contributed by atoms with Crippen molar-refractivity contribution in [2.75, 3.05) is 33.2 Å². The summed E-state index contributed by atoms with van der Waals surface area (Å²) in [6.07, 6.45) is 2.19. The second-order valence-corrected chi connectivity index (χ2v) is 6.55. The third kappa shape index (κ3) is 3.87. The summed E-state index contributed by atoms with van der Waals surface area (Å²) in [5, 5.41) is 1.88. The van der Waals surface area contributed by atoms with Gasteiger partial charge in [-0.3, -0.25) is 14.5 Å². The zero-order valence-electron chi connectivity index (χ0n) is 10.9. The molecule has 0 spiro atoms. The monoisotopic (exact) mass is 344 g/mol. The van der Waals surface area contributed by atoms with E-state index >= 15 is 0 Å². The molecule has 0 aromatic carbocycles.